The zero-order valence-corrected chi connectivity index (χ0v) is 22.3. The Morgan fingerprint density at radius 1 is 0.794 bits per heavy atom. The third-order valence-corrected chi connectivity index (χ3v) is 11.5. The van der Waals surface area contributed by atoms with Crippen LogP contribution in [0, 0.1) is 11.8 Å². The lowest BCUT2D eigenvalue weighted by Crippen LogP contribution is -2.35. The molecule has 3 nitrogen and oxygen atoms in total. The smallest absolute Gasteiger partial charge is 0.238 e. The molecule has 1 unspecified atom stereocenters. The molecule has 178 valence electrons. The zero-order chi connectivity index (χ0) is 24.5. The largest absolute Gasteiger partial charge is 0.274 e. The van der Waals surface area contributed by atoms with Crippen LogP contribution in [-0.4, -0.2) is 23.1 Å². The van der Waals surface area contributed by atoms with Crippen molar-refractivity contribution < 1.29 is 9.59 Å². The Morgan fingerprint density at radius 3 is 1.88 bits per heavy atom. The molecule has 3 aliphatic rings. The number of carbonyl (C=O) groups excluding carboxylic acids is 2. The molecule has 3 aliphatic heterocycles. The fourth-order valence-electron chi connectivity index (χ4n) is 6.33. The van der Waals surface area contributed by atoms with Crippen LogP contribution >= 0.6 is 7.92 Å². The van der Waals surface area contributed by atoms with Crippen molar-refractivity contribution in [2.24, 2.45) is 11.8 Å². The number of amides is 2. The summed E-state index contributed by atoms with van der Waals surface area (Å²) in [6.07, 6.45) is 2.35. The van der Waals surface area contributed by atoms with Gasteiger partial charge in [0.1, 0.15) is 0 Å². The fraction of sp³-hybridized carbons (Fsp3) is 0.467. The number of allylic oxidation sites excluding steroid dienone is 2. The first-order valence-electron chi connectivity index (χ1n) is 12.7. The molecule has 34 heavy (non-hydrogen) atoms. The Morgan fingerprint density at radius 2 is 1.35 bits per heavy atom. The maximum atomic E-state index is 13.8. The minimum atomic E-state index is -0.664. The molecule has 5 rings (SSSR count). The van der Waals surface area contributed by atoms with E-state index >= 15 is 0 Å². The van der Waals surface area contributed by atoms with Gasteiger partial charge in [-0.2, -0.15) is 0 Å². The molecule has 2 aromatic rings. The lowest BCUT2D eigenvalue weighted by atomic mass is 9.82. The van der Waals surface area contributed by atoms with Crippen molar-refractivity contribution in [3.63, 3.8) is 0 Å². The first-order chi connectivity index (χ1) is 16.1. The van der Waals surface area contributed by atoms with Gasteiger partial charge in [0.15, 0.2) is 0 Å². The van der Waals surface area contributed by atoms with Crippen molar-refractivity contribution >= 4 is 30.7 Å². The third kappa shape index (κ3) is 3.34. The summed E-state index contributed by atoms with van der Waals surface area (Å²) in [6.45, 7) is 15.9. The van der Waals surface area contributed by atoms with E-state index in [-0.39, 0.29) is 35.0 Å². The Hall–Kier alpha value is -2.25. The van der Waals surface area contributed by atoms with E-state index in [4.69, 9.17) is 0 Å². The van der Waals surface area contributed by atoms with Crippen LogP contribution in [0.25, 0.3) is 0 Å². The molecule has 0 N–H and O–H groups in total. The molecule has 0 aromatic heterocycles. The second-order valence-electron chi connectivity index (χ2n) is 11.2. The van der Waals surface area contributed by atoms with Gasteiger partial charge in [-0.15, -0.1) is 0 Å². The number of hydrogen-bond donors (Lipinski definition) is 0. The molecule has 2 bridgehead atoms. The maximum absolute atomic E-state index is 13.8. The van der Waals surface area contributed by atoms with E-state index in [1.54, 1.807) is 0 Å². The Kier molecular flexibility index (Phi) is 5.84. The average Bonchev–Trinajstić information content (AvgIpc) is 3.38. The van der Waals surface area contributed by atoms with Gasteiger partial charge in [-0.05, 0) is 58.8 Å². The SMILES string of the molecule is CC1=C[C@H]2[C@@H]3C(=O)N(c4ccccc4)C(=O)[C@@H]3[C@@H]1P2c1c(C(C)C)cc(C(C)C)cc1C(C)C. The van der Waals surface area contributed by atoms with Crippen LogP contribution in [0.1, 0.15) is 82.9 Å². The first-order valence-corrected chi connectivity index (χ1v) is 14.2. The topological polar surface area (TPSA) is 37.4 Å². The van der Waals surface area contributed by atoms with E-state index < -0.39 is 7.92 Å². The zero-order valence-electron chi connectivity index (χ0n) is 21.4. The van der Waals surface area contributed by atoms with Crippen molar-refractivity contribution in [1.29, 1.82) is 0 Å². The Balaban J connectivity index is 1.64. The maximum Gasteiger partial charge on any atom is 0.238 e. The third-order valence-electron chi connectivity index (χ3n) is 8.00. The number of para-hydroxylation sites is 1. The molecule has 0 spiro atoms. The Bertz CT molecular complexity index is 1150. The van der Waals surface area contributed by atoms with E-state index in [0.29, 0.717) is 23.4 Å². The van der Waals surface area contributed by atoms with Crippen LogP contribution in [0.15, 0.2) is 54.1 Å². The minimum absolute atomic E-state index is 0.000874. The van der Waals surface area contributed by atoms with Crippen LogP contribution < -0.4 is 10.2 Å². The number of hydrogen-bond acceptors (Lipinski definition) is 2. The molecule has 3 heterocycles. The summed E-state index contributed by atoms with van der Waals surface area (Å²) < 4.78 is 0. The molecule has 0 saturated carbocycles. The number of benzene rings is 2. The van der Waals surface area contributed by atoms with Crippen LogP contribution in [-0.2, 0) is 9.59 Å². The van der Waals surface area contributed by atoms with E-state index in [1.165, 1.54) is 32.5 Å². The van der Waals surface area contributed by atoms with Crippen LogP contribution in [0.4, 0.5) is 5.69 Å². The standard InChI is InChI=1S/C30H36NO2P/c1-16(2)20-14-22(17(3)4)28(23(15-20)18(5)6)34-24-13-19(7)27(34)26-25(24)29(32)31(30(26)33)21-11-9-8-10-12-21/h8-18,24-27H,1-7H3/t24-,25-,26-,27+,34?/m0/s1. The molecular formula is C30H36NO2P. The van der Waals surface area contributed by atoms with Crippen molar-refractivity contribution in [1.82, 2.24) is 0 Å². The first kappa shape index (κ1) is 23.5. The van der Waals surface area contributed by atoms with Crippen LogP contribution in [0.3, 0.4) is 0 Å². The summed E-state index contributed by atoms with van der Waals surface area (Å²) in [5.41, 5.74) is 6.58. The molecule has 4 heteroatoms. The highest BCUT2D eigenvalue weighted by molar-refractivity contribution is 7.68. The van der Waals surface area contributed by atoms with E-state index in [1.807, 2.05) is 30.3 Å². The van der Waals surface area contributed by atoms with Gasteiger partial charge < -0.3 is 0 Å². The molecule has 2 amide bonds. The van der Waals surface area contributed by atoms with Gasteiger partial charge in [-0.3, -0.25) is 9.59 Å². The summed E-state index contributed by atoms with van der Waals surface area (Å²) >= 11 is 0. The molecule has 2 fully saturated rings. The lowest BCUT2D eigenvalue weighted by molar-refractivity contribution is -0.122. The highest BCUT2D eigenvalue weighted by Gasteiger charge is 2.65. The van der Waals surface area contributed by atoms with E-state index in [2.05, 4.69) is 66.7 Å². The summed E-state index contributed by atoms with van der Waals surface area (Å²) in [6, 6.07) is 14.3. The molecule has 2 saturated heterocycles. The molecule has 5 atom stereocenters. The Labute approximate surface area is 205 Å². The second-order valence-corrected chi connectivity index (χ2v) is 13.6. The predicted octanol–water partition coefficient (Wildman–Crippen LogP) is 6.68. The number of nitrogens with zero attached hydrogens (tertiary/aromatic N) is 1. The summed E-state index contributed by atoms with van der Waals surface area (Å²) in [5.74, 6) is 0.836. The molecule has 0 radical (unpaired) electrons. The number of carbonyl (C=O) groups is 2. The van der Waals surface area contributed by atoms with Gasteiger partial charge >= 0.3 is 0 Å². The van der Waals surface area contributed by atoms with Gasteiger partial charge in [0, 0.05) is 11.3 Å². The van der Waals surface area contributed by atoms with Crippen molar-refractivity contribution in [3.05, 3.63) is 70.8 Å². The summed E-state index contributed by atoms with van der Waals surface area (Å²) in [7, 11) is -0.664. The second kappa shape index (κ2) is 8.45. The fourth-order valence-corrected chi connectivity index (χ4v) is 10.8. The van der Waals surface area contributed by atoms with Crippen LogP contribution in [0.2, 0.25) is 0 Å². The lowest BCUT2D eigenvalue weighted by Gasteiger charge is -2.31. The quantitative estimate of drug-likeness (QED) is 0.276. The summed E-state index contributed by atoms with van der Waals surface area (Å²) in [4.78, 5) is 29.0. The highest BCUT2D eigenvalue weighted by Crippen LogP contribution is 2.70. The predicted molar refractivity (Wildman–Crippen MR) is 143 cm³/mol. The van der Waals surface area contributed by atoms with Crippen molar-refractivity contribution in [2.75, 3.05) is 4.90 Å². The number of fused-ring (bicyclic) bond motifs is 5. The minimum Gasteiger partial charge on any atom is -0.274 e. The monoisotopic (exact) mass is 473 g/mol. The highest BCUT2D eigenvalue weighted by atomic mass is 31.1. The van der Waals surface area contributed by atoms with E-state index in [9.17, 15) is 9.59 Å². The molecule has 0 aliphatic carbocycles. The normalized spacial score (nSPS) is 28.0. The number of rotatable bonds is 5. The van der Waals surface area contributed by atoms with Gasteiger partial charge in [0.2, 0.25) is 11.8 Å². The molecule has 2 aromatic carbocycles. The van der Waals surface area contributed by atoms with Gasteiger partial charge in [-0.1, -0.05) is 91.4 Å². The van der Waals surface area contributed by atoms with E-state index in [0.717, 1.165) is 0 Å². The summed E-state index contributed by atoms with van der Waals surface area (Å²) in [5, 5.41) is 1.48. The van der Waals surface area contributed by atoms with Gasteiger partial charge in [-0.25, -0.2) is 4.90 Å². The average molecular weight is 474 g/mol. The van der Waals surface area contributed by atoms with Gasteiger partial charge in [0.25, 0.3) is 0 Å². The number of imide groups is 1. The van der Waals surface area contributed by atoms with Gasteiger partial charge in [0.05, 0.1) is 17.5 Å². The van der Waals surface area contributed by atoms with Crippen molar-refractivity contribution in [2.45, 2.75) is 77.5 Å². The number of anilines is 1. The molecular weight excluding hydrogens is 437 g/mol. The van der Waals surface area contributed by atoms with Crippen molar-refractivity contribution in [3.8, 4) is 0 Å². The van der Waals surface area contributed by atoms with Crippen LogP contribution in [0.5, 0.6) is 0 Å².